The summed E-state index contributed by atoms with van der Waals surface area (Å²) in [5, 5.41) is 1.94. The molecule has 0 saturated carbocycles. The molecule has 6 nitrogen and oxygen atoms in total. The van der Waals surface area contributed by atoms with Gasteiger partial charge >= 0.3 is 0 Å². The summed E-state index contributed by atoms with van der Waals surface area (Å²) in [7, 11) is 1.86. The number of amides is 1. The van der Waals surface area contributed by atoms with Crippen molar-refractivity contribution in [1.29, 1.82) is 0 Å². The van der Waals surface area contributed by atoms with Crippen molar-refractivity contribution in [3.8, 4) is 22.6 Å². The molecule has 7 heteroatoms. The van der Waals surface area contributed by atoms with Crippen LogP contribution >= 0.6 is 11.3 Å². The Morgan fingerprint density at radius 1 is 0.853 bits per heavy atom. The monoisotopic (exact) mass is 466 g/mol. The van der Waals surface area contributed by atoms with E-state index in [1.165, 1.54) is 11.3 Å². The lowest BCUT2D eigenvalue weighted by Gasteiger charge is -2.08. The number of hydrogen-bond acceptors (Lipinski definition) is 3. The molecule has 0 fully saturated rings. The number of carbonyl (C=O) groups excluding carboxylic acids is 1. The second kappa shape index (κ2) is 8.96. The summed E-state index contributed by atoms with van der Waals surface area (Å²) in [5.41, 5.74) is 4.03. The van der Waals surface area contributed by atoms with E-state index in [0.717, 1.165) is 22.6 Å². The summed E-state index contributed by atoms with van der Waals surface area (Å²) >= 11 is 1.34. The molecule has 0 spiro atoms. The molecule has 34 heavy (non-hydrogen) atoms. The van der Waals surface area contributed by atoms with Gasteiger partial charge < -0.3 is 0 Å². The molecule has 0 aliphatic heterocycles. The first kappa shape index (κ1) is 21.6. The SMILES string of the molecule is Cc1c(-n2c(-c3ccccc3)csc2=NC(=O)c2ccccc2)c(=O)n(-c2ccccc2)n1C. The number of rotatable bonds is 4. The Hall–Kier alpha value is -4.23. The van der Waals surface area contributed by atoms with Crippen LogP contribution in [0.1, 0.15) is 16.1 Å². The lowest BCUT2D eigenvalue weighted by atomic mass is 10.1. The Morgan fingerprint density at radius 2 is 1.44 bits per heavy atom. The van der Waals surface area contributed by atoms with Crippen LogP contribution in [0.25, 0.3) is 22.6 Å². The van der Waals surface area contributed by atoms with E-state index < -0.39 is 0 Å². The van der Waals surface area contributed by atoms with Gasteiger partial charge in [-0.1, -0.05) is 66.7 Å². The zero-order valence-electron chi connectivity index (χ0n) is 18.8. The van der Waals surface area contributed by atoms with Crippen molar-refractivity contribution in [1.82, 2.24) is 13.9 Å². The molecule has 5 aromatic rings. The largest absolute Gasteiger partial charge is 0.296 e. The van der Waals surface area contributed by atoms with Crippen molar-refractivity contribution >= 4 is 17.2 Å². The van der Waals surface area contributed by atoms with Gasteiger partial charge in [-0.25, -0.2) is 4.68 Å². The minimum atomic E-state index is -0.354. The van der Waals surface area contributed by atoms with Crippen LogP contribution in [0.2, 0.25) is 0 Å². The zero-order valence-corrected chi connectivity index (χ0v) is 19.6. The first-order chi connectivity index (χ1) is 16.6. The van der Waals surface area contributed by atoms with E-state index in [9.17, 15) is 9.59 Å². The van der Waals surface area contributed by atoms with Crippen LogP contribution in [0.5, 0.6) is 0 Å². The first-order valence-corrected chi connectivity index (χ1v) is 11.7. The molecule has 0 saturated heterocycles. The van der Waals surface area contributed by atoms with E-state index in [1.54, 1.807) is 33.5 Å². The van der Waals surface area contributed by atoms with Gasteiger partial charge in [0, 0.05) is 18.0 Å². The Balaban J connectivity index is 1.79. The second-order valence-corrected chi connectivity index (χ2v) is 8.63. The van der Waals surface area contributed by atoms with Crippen molar-refractivity contribution in [2.75, 3.05) is 0 Å². The average molecular weight is 467 g/mol. The third-order valence-corrected chi connectivity index (χ3v) is 6.57. The molecule has 0 unspecified atom stereocenters. The van der Waals surface area contributed by atoms with Crippen LogP contribution in [0.4, 0.5) is 0 Å². The average Bonchev–Trinajstić information content (AvgIpc) is 3.37. The third kappa shape index (κ3) is 3.76. The number of benzene rings is 3. The molecule has 0 radical (unpaired) electrons. The molecule has 0 aliphatic rings. The van der Waals surface area contributed by atoms with Crippen molar-refractivity contribution in [2.45, 2.75) is 6.92 Å². The molecule has 3 aromatic carbocycles. The van der Waals surface area contributed by atoms with Gasteiger partial charge in [-0.05, 0) is 36.8 Å². The van der Waals surface area contributed by atoms with Crippen LogP contribution in [-0.2, 0) is 7.05 Å². The highest BCUT2D eigenvalue weighted by Crippen LogP contribution is 2.24. The van der Waals surface area contributed by atoms with Gasteiger partial charge in [-0.2, -0.15) is 4.99 Å². The van der Waals surface area contributed by atoms with Gasteiger partial charge in [0.05, 0.1) is 17.1 Å². The Kier molecular flexibility index (Phi) is 5.69. The molecule has 1 amide bonds. The third-order valence-electron chi connectivity index (χ3n) is 5.74. The van der Waals surface area contributed by atoms with E-state index >= 15 is 0 Å². The van der Waals surface area contributed by atoms with Crippen LogP contribution in [0, 0.1) is 6.92 Å². The Morgan fingerprint density at radius 3 is 2.09 bits per heavy atom. The number of carbonyl (C=O) groups is 1. The Labute approximate surface area is 200 Å². The second-order valence-electron chi connectivity index (χ2n) is 7.80. The quantitative estimate of drug-likeness (QED) is 0.384. The van der Waals surface area contributed by atoms with E-state index in [4.69, 9.17) is 0 Å². The van der Waals surface area contributed by atoms with Gasteiger partial charge in [-0.15, -0.1) is 11.3 Å². The van der Waals surface area contributed by atoms with Crippen LogP contribution in [0.3, 0.4) is 0 Å². The van der Waals surface area contributed by atoms with E-state index in [2.05, 4.69) is 4.99 Å². The standard InChI is InChI=1S/C27H22N4O2S/c1-19-24(26(33)31(29(19)2)22-16-10-5-11-17-22)30-23(20-12-6-3-7-13-20)18-34-27(30)28-25(32)21-14-8-4-9-15-21/h3-18H,1-2H3. The van der Waals surface area contributed by atoms with Gasteiger partial charge in [0.25, 0.3) is 11.5 Å². The molecule has 0 aliphatic carbocycles. The molecule has 5 rings (SSSR count). The van der Waals surface area contributed by atoms with Gasteiger partial charge in [0.1, 0.15) is 5.69 Å². The molecule has 0 N–H and O–H groups in total. The topological polar surface area (TPSA) is 61.3 Å². The van der Waals surface area contributed by atoms with E-state index in [0.29, 0.717) is 16.1 Å². The molecule has 2 aromatic heterocycles. The summed E-state index contributed by atoms with van der Waals surface area (Å²) in [6.07, 6.45) is 0. The van der Waals surface area contributed by atoms with Crippen molar-refractivity contribution in [3.05, 3.63) is 123 Å². The van der Waals surface area contributed by atoms with Crippen LogP contribution in [0.15, 0.2) is 106 Å². The first-order valence-electron chi connectivity index (χ1n) is 10.8. The zero-order chi connectivity index (χ0) is 23.7. The minimum absolute atomic E-state index is 0.185. The Bertz CT molecular complexity index is 1590. The molecular weight excluding hydrogens is 444 g/mol. The fourth-order valence-electron chi connectivity index (χ4n) is 3.96. The highest BCUT2D eigenvalue weighted by atomic mass is 32.1. The fourth-order valence-corrected chi connectivity index (χ4v) is 4.85. The number of thiazole rings is 1. The van der Waals surface area contributed by atoms with Gasteiger partial charge in [0.2, 0.25) is 0 Å². The van der Waals surface area contributed by atoms with Gasteiger partial charge in [-0.3, -0.25) is 18.8 Å². The van der Waals surface area contributed by atoms with E-state index in [-0.39, 0.29) is 11.5 Å². The van der Waals surface area contributed by atoms with Crippen molar-refractivity contribution in [3.63, 3.8) is 0 Å². The van der Waals surface area contributed by atoms with E-state index in [1.807, 2.05) is 90.8 Å². The summed E-state index contributed by atoms with van der Waals surface area (Å²) in [6.45, 7) is 1.90. The number of aromatic nitrogens is 3. The molecular formula is C27H22N4O2S. The highest BCUT2D eigenvalue weighted by Gasteiger charge is 2.22. The minimum Gasteiger partial charge on any atom is -0.283 e. The summed E-state index contributed by atoms with van der Waals surface area (Å²) < 4.78 is 5.26. The summed E-state index contributed by atoms with van der Waals surface area (Å²) in [5.74, 6) is -0.354. The maximum Gasteiger partial charge on any atom is 0.296 e. The summed E-state index contributed by atoms with van der Waals surface area (Å²) in [4.78, 5) is 31.6. The predicted octanol–water partition coefficient (Wildman–Crippen LogP) is 4.74. The van der Waals surface area contributed by atoms with Crippen LogP contribution < -0.4 is 10.4 Å². The van der Waals surface area contributed by atoms with Crippen molar-refractivity contribution in [2.24, 2.45) is 12.0 Å². The fraction of sp³-hybridized carbons (Fsp3) is 0.0741. The van der Waals surface area contributed by atoms with Gasteiger partial charge in [0.15, 0.2) is 4.80 Å². The normalized spacial score (nSPS) is 11.6. The molecule has 168 valence electrons. The lowest BCUT2D eigenvalue weighted by Crippen LogP contribution is -2.25. The number of nitrogens with zero attached hydrogens (tertiary/aromatic N) is 4. The smallest absolute Gasteiger partial charge is 0.283 e. The maximum atomic E-state index is 13.8. The molecule has 2 heterocycles. The number of hydrogen-bond donors (Lipinski definition) is 0. The lowest BCUT2D eigenvalue weighted by molar-refractivity contribution is 0.0998. The highest BCUT2D eigenvalue weighted by molar-refractivity contribution is 7.07. The molecule has 0 bridgehead atoms. The predicted molar refractivity (Wildman–Crippen MR) is 135 cm³/mol. The summed E-state index contributed by atoms with van der Waals surface area (Å²) in [6, 6.07) is 28.2. The molecule has 0 atom stereocenters. The maximum absolute atomic E-state index is 13.8. The number of para-hydroxylation sites is 1. The van der Waals surface area contributed by atoms with Crippen LogP contribution in [-0.4, -0.2) is 19.8 Å². The van der Waals surface area contributed by atoms with Crippen molar-refractivity contribution < 1.29 is 4.79 Å².